The van der Waals surface area contributed by atoms with Gasteiger partial charge in [0.15, 0.2) is 0 Å². The number of nitrogens with zero attached hydrogens (tertiary/aromatic N) is 2. The van der Waals surface area contributed by atoms with Crippen molar-refractivity contribution < 1.29 is 30.2 Å². The second-order valence-electron chi connectivity index (χ2n) is 5.12. The van der Waals surface area contributed by atoms with Crippen LogP contribution in [-0.4, -0.2) is 0 Å². The average molecular weight is 513 g/mol. The number of aromatic nitrogens is 2. The largest absolute Gasteiger partial charge is 0.514 e. The SMILES string of the molecule is [CH2-][n+]1ccccc1CC=[C-]C=CC[C-]=CCc1cccc[n+]1[CH2-].[CH3-].[Pt]. The van der Waals surface area contributed by atoms with Crippen molar-refractivity contribution >= 4 is 0 Å². The van der Waals surface area contributed by atoms with Gasteiger partial charge in [0.05, 0.1) is 23.8 Å². The van der Waals surface area contributed by atoms with Crippen molar-refractivity contribution in [2.75, 3.05) is 0 Å². The molecule has 0 aliphatic rings. The predicted octanol–water partition coefficient (Wildman–Crippen LogP) is 3.44. The second-order valence-corrected chi connectivity index (χ2v) is 5.12. The zero-order valence-corrected chi connectivity index (χ0v) is 16.9. The Morgan fingerprint density at radius 2 is 1.44 bits per heavy atom. The average Bonchev–Trinajstić information content (AvgIpc) is 2.56. The van der Waals surface area contributed by atoms with E-state index in [1.54, 1.807) is 0 Å². The van der Waals surface area contributed by atoms with Crippen LogP contribution in [0.2, 0.25) is 0 Å². The molecule has 2 rings (SSSR count). The van der Waals surface area contributed by atoms with Gasteiger partial charge in [0.1, 0.15) is 0 Å². The van der Waals surface area contributed by atoms with Gasteiger partial charge in [-0.25, -0.2) is 12.5 Å². The van der Waals surface area contributed by atoms with Crippen LogP contribution in [0, 0.1) is 33.7 Å². The smallest absolute Gasteiger partial charge is 0.0838 e. The second kappa shape index (κ2) is 13.3. The first-order valence-electron chi connectivity index (χ1n) is 7.66. The number of hydrogen-bond acceptors (Lipinski definition) is 0. The van der Waals surface area contributed by atoms with Gasteiger partial charge in [-0.15, -0.1) is 0 Å². The summed E-state index contributed by atoms with van der Waals surface area (Å²) in [7, 11) is 7.87. The van der Waals surface area contributed by atoms with Crippen LogP contribution in [0.25, 0.3) is 0 Å². The van der Waals surface area contributed by atoms with E-state index >= 15 is 0 Å². The Hall–Kier alpha value is -2.05. The zero-order valence-electron chi connectivity index (χ0n) is 14.7. The summed E-state index contributed by atoms with van der Waals surface area (Å²) in [5.74, 6) is 0. The Morgan fingerprint density at radius 3 is 2.00 bits per heavy atom. The molecule has 0 saturated carbocycles. The number of hydrogen-bond donors (Lipinski definition) is 0. The molecule has 25 heavy (non-hydrogen) atoms. The molecule has 0 aromatic carbocycles. The molecule has 2 aromatic heterocycles. The van der Waals surface area contributed by atoms with Crippen LogP contribution in [0.4, 0.5) is 0 Å². The fraction of sp³-hybridized carbons (Fsp3) is 0.136. The molecular weight excluding hydrogens is 487 g/mol. The van der Waals surface area contributed by atoms with Gasteiger partial charge >= 0.3 is 0 Å². The molecule has 0 fully saturated rings. The summed E-state index contributed by atoms with van der Waals surface area (Å²) in [6, 6.07) is 12.1. The molecule has 0 N–H and O–H groups in total. The molecule has 0 unspecified atom stereocenters. The summed E-state index contributed by atoms with van der Waals surface area (Å²) >= 11 is 0. The Morgan fingerprint density at radius 1 is 0.880 bits per heavy atom. The molecule has 0 aliphatic carbocycles. The van der Waals surface area contributed by atoms with Crippen LogP contribution >= 0.6 is 0 Å². The van der Waals surface area contributed by atoms with E-state index in [2.05, 4.69) is 38.4 Å². The van der Waals surface area contributed by atoms with Crippen molar-refractivity contribution in [3.63, 3.8) is 0 Å². The fourth-order valence-electron chi connectivity index (χ4n) is 2.08. The van der Waals surface area contributed by atoms with Crippen molar-refractivity contribution in [2.45, 2.75) is 19.3 Å². The Balaban J connectivity index is 0.00000288. The minimum atomic E-state index is 0. The molecule has 2 aromatic rings. The van der Waals surface area contributed by atoms with Crippen molar-refractivity contribution in [1.82, 2.24) is 0 Å². The third kappa shape index (κ3) is 8.56. The van der Waals surface area contributed by atoms with Crippen molar-refractivity contribution in [3.8, 4) is 0 Å². The standard InChI is InChI=1S/C21H22N2.CH3.Pt/c1-22-18-12-10-16-20(22)14-8-6-4-3-5-7-9-15-21-17-11-13-19-23(21)2;;/h3-4,8-13,16-19H,1-2,5,14-15H2;1H3;/q-2;-1;. The molecule has 0 amide bonds. The van der Waals surface area contributed by atoms with Gasteiger partial charge in [-0.3, -0.25) is 18.2 Å². The van der Waals surface area contributed by atoms with Crippen LogP contribution in [0.5, 0.6) is 0 Å². The van der Waals surface area contributed by atoms with Crippen molar-refractivity contribution in [1.29, 1.82) is 0 Å². The fourth-order valence-corrected chi connectivity index (χ4v) is 2.08. The molecule has 2 nitrogen and oxygen atoms in total. The van der Waals surface area contributed by atoms with E-state index in [1.807, 2.05) is 70.1 Å². The van der Waals surface area contributed by atoms with Gasteiger partial charge in [0, 0.05) is 35.2 Å². The van der Waals surface area contributed by atoms with Crippen LogP contribution in [0.3, 0.4) is 0 Å². The maximum absolute atomic E-state index is 3.94. The van der Waals surface area contributed by atoms with E-state index in [0.717, 1.165) is 25.0 Å². The summed E-state index contributed by atoms with van der Waals surface area (Å²) in [5.41, 5.74) is 2.32. The Kier molecular flexibility index (Phi) is 12.2. The van der Waals surface area contributed by atoms with Gasteiger partial charge in [-0.05, 0) is 12.8 Å². The van der Waals surface area contributed by atoms with Gasteiger partial charge in [0.2, 0.25) is 0 Å². The molecule has 3 heteroatoms. The molecule has 0 aliphatic heterocycles. The maximum atomic E-state index is 3.94. The minimum Gasteiger partial charge on any atom is -0.514 e. The number of pyridine rings is 2. The van der Waals surface area contributed by atoms with Crippen LogP contribution in [-0.2, 0) is 33.9 Å². The summed E-state index contributed by atoms with van der Waals surface area (Å²) in [4.78, 5) is 0. The molecule has 0 bridgehead atoms. The first kappa shape index (κ1) is 22.9. The summed E-state index contributed by atoms with van der Waals surface area (Å²) < 4.78 is 3.75. The van der Waals surface area contributed by atoms with Crippen LogP contribution in [0.15, 0.2) is 73.1 Å². The van der Waals surface area contributed by atoms with Gasteiger partial charge in [0.25, 0.3) is 0 Å². The molecule has 0 atom stereocenters. The first-order chi connectivity index (χ1) is 11.3. The van der Waals surface area contributed by atoms with Gasteiger partial charge in [-0.2, -0.15) is 6.08 Å². The minimum absolute atomic E-state index is 0. The molecule has 136 valence electrons. The Bertz CT molecular complexity index is 703. The quantitative estimate of drug-likeness (QED) is 0.305. The van der Waals surface area contributed by atoms with E-state index < -0.39 is 0 Å². The number of rotatable bonds is 7. The molecule has 2 heterocycles. The zero-order chi connectivity index (χ0) is 16.3. The summed E-state index contributed by atoms with van der Waals surface area (Å²) in [6.45, 7) is 0. The molecule has 0 radical (unpaired) electrons. The molecule has 0 spiro atoms. The molecular formula is C22H25N2Pt-3. The van der Waals surface area contributed by atoms with E-state index in [1.165, 1.54) is 5.69 Å². The predicted molar refractivity (Wildman–Crippen MR) is 98.0 cm³/mol. The van der Waals surface area contributed by atoms with E-state index in [0.29, 0.717) is 0 Å². The Labute approximate surface area is 167 Å². The third-order valence-corrected chi connectivity index (χ3v) is 3.40. The van der Waals surface area contributed by atoms with Crippen molar-refractivity contribution in [3.05, 3.63) is 118 Å². The summed E-state index contributed by atoms with van der Waals surface area (Å²) in [6.07, 6.45) is 20.8. The maximum Gasteiger partial charge on any atom is 0.0838 e. The monoisotopic (exact) mass is 512 g/mol. The van der Waals surface area contributed by atoms with Crippen molar-refractivity contribution in [2.24, 2.45) is 0 Å². The molecule has 0 saturated heterocycles. The van der Waals surface area contributed by atoms with E-state index in [4.69, 9.17) is 0 Å². The first-order valence-corrected chi connectivity index (χ1v) is 7.66. The summed E-state index contributed by atoms with van der Waals surface area (Å²) in [5, 5.41) is 0. The van der Waals surface area contributed by atoms with Gasteiger partial charge < -0.3 is 22.6 Å². The van der Waals surface area contributed by atoms with E-state index in [9.17, 15) is 0 Å². The van der Waals surface area contributed by atoms with E-state index in [-0.39, 0.29) is 28.5 Å². The normalized spacial score (nSPS) is 10.9. The topological polar surface area (TPSA) is 7.76 Å². The van der Waals surface area contributed by atoms with Gasteiger partial charge in [-0.1, -0.05) is 36.4 Å². The van der Waals surface area contributed by atoms with Crippen LogP contribution in [0.1, 0.15) is 17.8 Å². The van der Waals surface area contributed by atoms with Crippen LogP contribution < -0.4 is 9.13 Å². The third-order valence-electron chi connectivity index (χ3n) is 3.40. The number of allylic oxidation sites excluding steroid dienone is 6.